The molecule has 1 nitrogen and oxygen atoms in total. The fourth-order valence-corrected chi connectivity index (χ4v) is 0.797. The molecule has 62 valence electrons. The van der Waals surface area contributed by atoms with Crippen molar-refractivity contribution in [1.82, 2.24) is 0 Å². The van der Waals surface area contributed by atoms with Gasteiger partial charge in [-0.3, -0.25) is 0 Å². The third kappa shape index (κ3) is 7.82. The summed E-state index contributed by atoms with van der Waals surface area (Å²) in [5, 5.41) is 0. The summed E-state index contributed by atoms with van der Waals surface area (Å²) >= 11 is 0. The lowest BCUT2D eigenvalue weighted by atomic mass is 10.1. The zero-order chi connectivity index (χ0) is 7.82. The van der Waals surface area contributed by atoms with Crippen molar-refractivity contribution in [2.24, 2.45) is 5.73 Å². The molecule has 0 aliphatic carbocycles. The zero-order valence-corrected chi connectivity index (χ0v) is 6.15. The second-order valence-electron chi connectivity index (χ2n) is 2.38. The first-order chi connectivity index (χ1) is 4.77. The molecule has 0 amide bonds. The summed E-state index contributed by atoms with van der Waals surface area (Å²) in [6.45, 7) is 0.675. The van der Waals surface area contributed by atoms with Crippen LogP contribution in [0.5, 0.6) is 0 Å². The van der Waals surface area contributed by atoms with Gasteiger partial charge in [0.25, 0.3) is 0 Å². The molecule has 0 rings (SSSR count). The predicted octanol–water partition coefficient (Wildman–Crippen LogP) is 2.16. The molecule has 0 aliphatic heterocycles. The monoisotopic (exact) mass is 151 g/mol. The van der Waals surface area contributed by atoms with E-state index in [2.05, 4.69) is 0 Å². The average Bonchev–Trinajstić information content (AvgIpc) is 1.87. The first kappa shape index (κ1) is 9.82. The van der Waals surface area contributed by atoms with Crippen LogP contribution < -0.4 is 5.73 Å². The van der Waals surface area contributed by atoms with Crippen molar-refractivity contribution >= 4 is 0 Å². The fourth-order valence-electron chi connectivity index (χ4n) is 0.797. The molecule has 0 aliphatic rings. The SMILES string of the molecule is NCCCCCCC(F)F. The van der Waals surface area contributed by atoms with Crippen molar-refractivity contribution in [3.8, 4) is 0 Å². The topological polar surface area (TPSA) is 26.0 Å². The fraction of sp³-hybridized carbons (Fsp3) is 1.00. The van der Waals surface area contributed by atoms with Crippen LogP contribution in [0.4, 0.5) is 8.78 Å². The Labute approximate surface area is 60.6 Å². The number of nitrogens with two attached hydrogens (primary N) is 1. The maximum atomic E-state index is 11.5. The van der Waals surface area contributed by atoms with Crippen LogP contribution in [0.2, 0.25) is 0 Å². The Kier molecular flexibility index (Phi) is 6.81. The predicted molar refractivity (Wildman–Crippen MR) is 38.1 cm³/mol. The van der Waals surface area contributed by atoms with Gasteiger partial charge in [0, 0.05) is 6.42 Å². The van der Waals surface area contributed by atoms with Crippen LogP contribution in [0.1, 0.15) is 32.1 Å². The summed E-state index contributed by atoms with van der Waals surface area (Å²) in [5.41, 5.74) is 5.22. The Morgan fingerprint density at radius 3 is 2.10 bits per heavy atom. The third-order valence-electron chi connectivity index (χ3n) is 1.38. The van der Waals surface area contributed by atoms with E-state index in [0.717, 1.165) is 19.3 Å². The van der Waals surface area contributed by atoms with Gasteiger partial charge >= 0.3 is 0 Å². The van der Waals surface area contributed by atoms with Gasteiger partial charge in [0.15, 0.2) is 0 Å². The molecule has 2 N–H and O–H groups in total. The minimum Gasteiger partial charge on any atom is -0.330 e. The number of unbranched alkanes of at least 4 members (excludes halogenated alkanes) is 3. The summed E-state index contributed by atoms with van der Waals surface area (Å²) in [6.07, 6.45) is 1.40. The number of hydrogen-bond acceptors (Lipinski definition) is 1. The number of halogens is 2. The van der Waals surface area contributed by atoms with Gasteiger partial charge in [-0.1, -0.05) is 12.8 Å². The molecular weight excluding hydrogens is 136 g/mol. The third-order valence-corrected chi connectivity index (χ3v) is 1.38. The van der Waals surface area contributed by atoms with Crippen LogP contribution in [-0.2, 0) is 0 Å². The smallest absolute Gasteiger partial charge is 0.238 e. The summed E-state index contributed by atoms with van der Waals surface area (Å²) in [4.78, 5) is 0. The van der Waals surface area contributed by atoms with E-state index in [4.69, 9.17) is 5.73 Å². The van der Waals surface area contributed by atoms with E-state index in [1.54, 1.807) is 0 Å². The molecule has 0 unspecified atom stereocenters. The Morgan fingerprint density at radius 1 is 1.00 bits per heavy atom. The molecule has 0 aromatic heterocycles. The van der Waals surface area contributed by atoms with Crippen LogP contribution in [0, 0.1) is 0 Å². The molecule has 0 aromatic carbocycles. The van der Waals surface area contributed by atoms with Crippen LogP contribution in [0.25, 0.3) is 0 Å². The van der Waals surface area contributed by atoms with Gasteiger partial charge < -0.3 is 5.73 Å². The standard InChI is InChI=1S/C7H15F2N/c8-7(9)5-3-1-2-4-6-10/h7H,1-6,10H2. The minimum absolute atomic E-state index is 0.0462. The second-order valence-corrected chi connectivity index (χ2v) is 2.38. The average molecular weight is 151 g/mol. The summed E-state index contributed by atoms with van der Waals surface area (Å²) < 4.78 is 23.0. The van der Waals surface area contributed by atoms with Crippen molar-refractivity contribution in [3.05, 3.63) is 0 Å². The Bertz CT molecular complexity index is 66.6. The van der Waals surface area contributed by atoms with Gasteiger partial charge in [-0.2, -0.15) is 0 Å². The minimum atomic E-state index is -2.13. The van der Waals surface area contributed by atoms with Gasteiger partial charge in [0.1, 0.15) is 0 Å². The van der Waals surface area contributed by atoms with Crippen molar-refractivity contribution in [1.29, 1.82) is 0 Å². The highest BCUT2D eigenvalue weighted by Crippen LogP contribution is 2.07. The number of rotatable bonds is 6. The Balaban J connectivity index is 2.77. The molecular formula is C7H15F2N. The molecule has 0 fully saturated rings. The van der Waals surface area contributed by atoms with Crippen molar-refractivity contribution in [3.63, 3.8) is 0 Å². The molecule has 0 radical (unpaired) electrons. The highest BCUT2D eigenvalue weighted by atomic mass is 19.3. The van der Waals surface area contributed by atoms with E-state index < -0.39 is 6.43 Å². The summed E-state index contributed by atoms with van der Waals surface area (Å²) in [6, 6.07) is 0. The van der Waals surface area contributed by atoms with Gasteiger partial charge in [-0.05, 0) is 19.4 Å². The van der Waals surface area contributed by atoms with Crippen LogP contribution in [0.3, 0.4) is 0 Å². The Hall–Kier alpha value is -0.180. The highest BCUT2D eigenvalue weighted by molar-refractivity contribution is 4.45. The lowest BCUT2D eigenvalue weighted by Gasteiger charge is -1.98. The van der Waals surface area contributed by atoms with Gasteiger partial charge in [-0.25, -0.2) is 8.78 Å². The molecule has 0 saturated heterocycles. The van der Waals surface area contributed by atoms with Gasteiger partial charge in [-0.15, -0.1) is 0 Å². The first-order valence-corrected chi connectivity index (χ1v) is 3.75. The molecule has 0 heterocycles. The molecule has 10 heavy (non-hydrogen) atoms. The second kappa shape index (κ2) is 6.93. The molecule has 3 heteroatoms. The maximum absolute atomic E-state index is 11.5. The maximum Gasteiger partial charge on any atom is 0.238 e. The molecule has 0 saturated carbocycles. The van der Waals surface area contributed by atoms with E-state index in [1.807, 2.05) is 0 Å². The van der Waals surface area contributed by atoms with Crippen molar-refractivity contribution < 1.29 is 8.78 Å². The highest BCUT2D eigenvalue weighted by Gasteiger charge is 1.99. The largest absolute Gasteiger partial charge is 0.330 e. The lowest BCUT2D eigenvalue weighted by molar-refractivity contribution is 0.134. The normalized spacial score (nSPS) is 10.8. The van der Waals surface area contributed by atoms with E-state index in [1.165, 1.54) is 0 Å². The van der Waals surface area contributed by atoms with E-state index in [-0.39, 0.29) is 6.42 Å². The van der Waals surface area contributed by atoms with Crippen molar-refractivity contribution in [2.75, 3.05) is 6.54 Å². The molecule has 0 atom stereocenters. The lowest BCUT2D eigenvalue weighted by Crippen LogP contribution is -1.98. The van der Waals surface area contributed by atoms with E-state index in [0.29, 0.717) is 13.0 Å². The van der Waals surface area contributed by atoms with E-state index >= 15 is 0 Å². The molecule has 0 spiro atoms. The van der Waals surface area contributed by atoms with Gasteiger partial charge in [0.05, 0.1) is 0 Å². The zero-order valence-electron chi connectivity index (χ0n) is 6.15. The van der Waals surface area contributed by atoms with Crippen LogP contribution in [-0.4, -0.2) is 13.0 Å². The van der Waals surface area contributed by atoms with Crippen LogP contribution >= 0.6 is 0 Å². The first-order valence-electron chi connectivity index (χ1n) is 3.75. The quantitative estimate of drug-likeness (QED) is 0.578. The molecule has 0 aromatic rings. The number of alkyl halides is 2. The molecule has 0 bridgehead atoms. The van der Waals surface area contributed by atoms with Crippen LogP contribution in [0.15, 0.2) is 0 Å². The summed E-state index contributed by atoms with van der Waals surface area (Å²) in [7, 11) is 0. The summed E-state index contributed by atoms with van der Waals surface area (Å²) in [5.74, 6) is 0. The van der Waals surface area contributed by atoms with Crippen molar-refractivity contribution in [2.45, 2.75) is 38.5 Å². The number of hydrogen-bond donors (Lipinski definition) is 1. The van der Waals surface area contributed by atoms with E-state index in [9.17, 15) is 8.78 Å². The Morgan fingerprint density at radius 2 is 1.60 bits per heavy atom. The van der Waals surface area contributed by atoms with Gasteiger partial charge in [0.2, 0.25) is 6.43 Å².